The molecule has 0 atom stereocenters. The maximum Gasteiger partial charge on any atom is 0.317 e. The van der Waals surface area contributed by atoms with E-state index < -0.39 is 81.1 Å². The molecular weight excluding hydrogens is 854 g/mol. The number of carbonyl (C=O) groups is 9. The van der Waals surface area contributed by atoms with Crippen molar-refractivity contribution < 1.29 is 107 Å². The summed E-state index contributed by atoms with van der Waals surface area (Å²) in [5, 5.41) is 63.9. The van der Waals surface area contributed by atoms with Gasteiger partial charge in [-0.2, -0.15) is 0 Å². The molecular formula is C36H63N5O22. The van der Waals surface area contributed by atoms with E-state index in [0.717, 1.165) is 0 Å². The first-order valence-electron chi connectivity index (χ1n) is 19.4. The third-order valence-corrected chi connectivity index (χ3v) is 7.38. The molecule has 0 fully saturated rings. The van der Waals surface area contributed by atoms with Crippen molar-refractivity contribution in [2.45, 2.75) is 13.3 Å². The van der Waals surface area contributed by atoms with E-state index in [2.05, 4.69) is 5.32 Å². The maximum absolute atomic E-state index is 12.1. The van der Waals surface area contributed by atoms with E-state index in [1.165, 1.54) is 26.5 Å². The summed E-state index contributed by atoms with van der Waals surface area (Å²) in [4.78, 5) is 103. The van der Waals surface area contributed by atoms with Crippen molar-refractivity contribution in [3.63, 3.8) is 0 Å². The third kappa shape index (κ3) is 46.4. The fraction of sp³-hybridized carbons (Fsp3) is 0.750. The van der Waals surface area contributed by atoms with Crippen LogP contribution in [0.15, 0.2) is 0 Å². The Morgan fingerprint density at radius 3 is 0.841 bits per heavy atom. The minimum absolute atomic E-state index is 0.0638. The van der Waals surface area contributed by atoms with Gasteiger partial charge in [-0.3, -0.25) is 62.8 Å². The van der Waals surface area contributed by atoms with Crippen LogP contribution in [-0.4, -0.2) is 273 Å². The Morgan fingerprint density at radius 1 is 0.349 bits per heavy atom. The average molecular weight is 918 g/mol. The van der Waals surface area contributed by atoms with Gasteiger partial charge in [-0.15, -0.1) is 0 Å². The molecule has 8 N–H and O–H groups in total. The molecule has 27 nitrogen and oxygen atoms in total. The zero-order valence-corrected chi connectivity index (χ0v) is 35.4. The smallest absolute Gasteiger partial charge is 0.317 e. The van der Waals surface area contributed by atoms with Crippen molar-refractivity contribution in [1.82, 2.24) is 24.9 Å². The quantitative estimate of drug-likeness (QED) is 0.0270. The molecule has 0 aromatic rings. The SMILES string of the molecule is CC(=O)NCCOCCOCCC(=O)CN(CCOCCOCCN(CC(=O)O)CC(=O)O)CC(=O)O.O=C(O)CN(CCOCCOCCN(CC(=O)O)CC(=O)O)CC(=O)O. The van der Waals surface area contributed by atoms with Gasteiger partial charge in [0.15, 0.2) is 0 Å². The summed E-state index contributed by atoms with van der Waals surface area (Å²) in [6.45, 7) is 1.98. The Kier molecular flexibility index (Phi) is 38.0. The Hall–Kier alpha value is -4.97. The molecule has 63 heavy (non-hydrogen) atoms. The predicted molar refractivity (Wildman–Crippen MR) is 212 cm³/mol. The van der Waals surface area contributed by atoms with Gasteiger partial charge in [0.1, 0.15) is 5.78 Å². The van der Waals surface area contributed by atoms with Crippen LogP contribution in [0.5, 0.6) is 0 Å². The van der Waals surface area contributed by atoms with Gasteiger partial charge in [0, 0.05) is 46.1 Å². The number of rotatable bonds is 43. The van der Waals surface area contributed by atoms with Crippen LogP contribution in [0, 0.1) is 0 Å². The normalized spacial score (nSPS) is 11.1. The van der Waals surface area contributed by atoms with E-state index in [9.17, 15) is 43.2 Å². The molecule has 0 aliphatic heterocycles. The summed E-state index contributed by atoms with van der Waals surface area (Å²) in [7, 11) is 0. The number of aliphatic carboxylic acids is 7. The molecule has 0 aliphatic carbocycles. The van der Waals surface area contributed by atoms with Crippen LogP contribution < -0.4 is 5.32 Å². The van der Waals surface area contributed by atoms with Gasteiger partial charge in [-0.1, -0.05) is 0 Å². The van der Waals surface area contributed by atoms with Gasteiger partial charge in [-0.05, 0) is 0 Å². The van der Waals surface area contributed by atoms with Crippen molar-refractivity contribution in [2.75, 3.05) is 164 Å². The van der Waals surface area contributed by atoms with Crippen molar-refractivity contribution in [3.8, 4) is 0 Å². The standard InChI is InChI=1S/C22H39N3O12.C14H24N2O10/c1-18(26)23-3-7-35-11-10-34-6-2-19(27)14-24(15-20(28)29)4-8-36-12-13-37-9-5-25(16-21(30)31)17-22(32)33;17-11(18)7-15(8-12(19)20)1-3-25-5-6-26-4-2-16(9-13(21)22)10-14(23)24/h2-17H2,1H3,(H,23,26)(H,28,29)(H,30,31)(H,32,33);1-10H2,(H,17,18)(H,19,20)(H,21,22)(H,23,24). The molecule has 1 amide bonds. The molecule has 0 heterocycles. The summed E-state index contributed by atoms with van der Waals surface area (Å²) >= 11 is 0. The lowest BCUT2D eigenvalue weighted by atomic mass is 10.2. The highest BCUT2D eigenvalue weighted by Crippen LogP contribution is 1.96. The lowest BCUT2D eigenvalue weighted by molar-refractivity contribution is -0.144. The van der Waals surface area contributed by atoms with E-state index in [0.29, 0.717) is 26.4 Å². The molecule has 0 bridgehead atoms. The van der Waals surface area contributed by atoms with Crippen LogP contribution in [0.4, 0.5) is 0 Å². The van der Waals surface area contributed by atoms with Gasteiger partial charge >= 0.3 is 41.8 Å². The Bertz CT molecular complexity index is 1270. The Labute approximate surface area is 363 Å². The number of nitrogens with one attached hydrogen (secondary N) is 1. The molecule has 0 spiro atoms. The Balaban J connectivity index is 0. The van der Waals surface area contributed by atoms with E-state index in [1.807, 2.05) is 0 Å². The van der Waals surface area contributed by atoms with Crippen molar-refractivity contribution in [3.05, 3.63) is 0 Å². The number of hydrogen-bond donors (Lipinski definition) is 8. The van der Waals surface area contributed by atoms with Crippen molar-refractivity contribution in [1.29, 1.82) is 0 Å². The molecule has 0 saturated heterocycles. The molecule has 27 heteroatoms. The molecule has 0 saturated carbocycles. The monoisotopic (exact) mass is 917 g/mol. The molecule has 0 aromatic heterocycles. The number of ketones is 1. The van der Waals surface area contributed by atoms with E-state index in [-0.39, 0.29) is 117 Å². The molecule has 0 aromatic carbocycles. The first-order chi connectivity index (χ1) is 29.8. The summed E-state index contributed by atoms with van der Waals surface area (Å²) < 4.78 is 31.7. The third-order valence-electron chi connectivity index (χ3n) is 7.38. The number of hydrogen-bond acceptors (Lipinski definition) is 19. The number of carbonyl (C=O) groups excluding carboxylic acids is 2. The number of nitrogens with zero attached hydrogens (tertiary/aromatic N) is 4. The molecule has 364 valence electrons. The van der Waals surface area contributed by atoms with Gasteiger partial charge in [0.05, 0.1) is 132 Å². The average Bonchev–Trinajstić information content (AvgIpc) is 3.14. The highest BCUT2D eigenvalue weighted by atomic mass is 16.5. The predicted octanol–water partition coefficient (Wildman–Crippen LogP) is -4.03. The number of amides is 1. The van der Waals surface area contributed by atoms with Crippen LogP contribution in [0.25, 0.3) is 0 Å². The minimum atomic E-state index is -1.14. The molecule has 0 aliphatic rings. The second-order valence-corrected chi connectivity index (χ2v) is 13.0. The van der Waals surface area contributed by atoms with Crippen molar-refractivity contribution in [2.24, 2.45) is 0 Å². The van der Waals surface area contributed by atoms with Gasteiger partial charge in [0.25, 0.3) is 0 Å². The summed E-state index contributed by atoms with van der Waals surface area (Å²) in [5.41, 5.74) is 0. The maximum atomic E-state index is 12.1. The number of carboxylic acid groups (broad SMARTS) is 7. The Morgan fingerprint density at radius 2 is 0.587 bits per heavy atom. The molecule has 0 unspecified atom stereocenters. The zero-order valence-electron chi connectivity index (χ0n) is 35.4. The minimum Gasteiger partial charge on any atom is -0.480 e. The van der Waals surface area contributed by atoms with Gasteiger partial charge < -0.3 is 69.5 Å². The zero-order chi connectivity index (χ0) is 47.8. The molecule has 0 radical (unpaired) electrons. The number of ether oxygens (including phenoxy) is 6. The highest BCUT2D eigenvalue weighted by Gasteiger charge is 2.16. The van der Waals surface area contributed by atoms with E-state index in [1.54, 1.807) is 0 Å². The summed E-state index contributed by atoms with van der Waals surface area (Å²) in [5.74, 6) is -8.21. The van der Waals surface area contributed by atoms with Crippen LogP contribution in [0.3, 0.4) is 0 Å². The summed E-state index contributed by atoms with van der Waals surface area (Å²) in [6, 6.07) is 0. The number of Topliss-reactive ketones (excluding diaryl/α,β-unsaturated/α-hetero) is 1. The second kappa shape index (κ2) is 39.8. The highest BCUT2D eigenvalue weighted by molar-refractivity contribution is 5.81. The van der Waals surface area contributed by atoms with Crippen molar-refractivity contribution >= 4 is 53.5 Å². The van der Waals surface area contributed by atoms with Crippen LogP contribution in [-0.2, 0) is 71.6 Å². The second-order valence-electron chi connectivity index (χ2n) is 13.0. The van der Waals surface area contributed by atoms with E-state index >= 15 is 0 Å². The van der Waals surface area contributed by atoms with Crippen LogP contribution in [0.1, 0.15) is 13.3 Å². The first kappa shape index (κ1) is 60.1. The lowest BCUT2D eigenvalue weighted by Gasteiger charge is -2.19. The fourth-order valence-corrected chi connectivity index (χ4v) is 4.75. The number of carboxylic acids is 7. The first-order valence-corrected chi connectivity index (χ1v) is 19.4. The van der Waals surface area contributed by atoms with Gasteiger partial charge in [-0.25, -0.2) is 0 Å². The van der Waals surface area contributed by atoms with Crippen LogP contribution >= 0.6 is 0 Å². The van der Waals surface area contributed by atoms with E-state index in [4.69, 9.17) is 64.2 Å². The largest absolute Gasteiger partial charge is 0.480 e. The lowest BCUT2D eigenvalue weighted by Crippen LogP contribution is -2.37. The van der Waals surface area contributed by atoms with Gasteiger partial charge in [0.2, 0.25) is 5.91 Å². The topological polar surface area (TPSA) is 376 Å². The summed E-state index contributed by atoms with van der Waals surface area (Å²) in [6.07, 6.45) is 0.123. The molecule has 0 rings (SSSR count). The van der Waals surface area contributed by atoms with Crippen LogP contribution in [0.2, 0.25) is 0 Å². The fourth-order valence-electron chi connectivity index (χ4n) is 4.75.